The van der Waals surface area contributed by atoms with Gasteiger partial charge < -0.3 is 5.73 Å². The third kappa shape index (κ3) is 2.42. The molecule has 112 valence electrons. The first-order valence-electron chi connectivity index (χ1n) is 6.84. The SMILES string of the molecule is Nc1n[nH]c(-c2ccc3nonc3c2)c1N=Nc1ccccc1. The van der Waals surface area contributed by atoms with Gasteiger partial charge >= 0.3 is 0 Å². The van der Waals surface area contributed by atoms with E-state index in [1.165, 1.54) is 0 Å². The summed E-state index contributed by atoms with van der Waals surface area (Å²) >= 11 is 0. The molecular weight excluding hydrogens is 294 g/mol. The van der Waals surface area contributed by atoms with Gasteiger partial charge in [0.15, 0.2) is 11.5 Å². The number of nitrogens with zero attached hydrogens (tertiary/aromatic N) is 5. The highest BCUT2D eigenvalue weighted by atomic mass is 16.6. The van der Waals surface area contributed by atoms with E-state index in [4.69, 9.17) is 10.4 Å². The number of azo groups is 1. The molecule has 4 rings (SSSR count). The average molecular weight is 305 g/mol. The second-order valence-electron chi connectivity index (χ2n) is 4.84. The van der Waals surface area contributed by atoms with Gasteiger partial charge in [-0.1, -0.05) is 24.3 Å². The monoisotopic (exact) mass is 305 g/mol. The molecule has 0 fully saturated rings. The number of anilines is 1. The van der Waals surface area contributed by atoms with E-state index >= 15 is 0 Å². The molecule has 0 spiro atoms. The number of nitrogen functional groups attached to an aromatic ring is 1. The van der Waals surface area contributed by atoms with E-state index in [2.05, 4.69) is 30.7 Å². The molecule has 0 radical (unpaired) electrons. The molecule has 0 aliphatic heterocycles. The van der Waals surface area contributed by atoms with Crippen LogP contribution in [-0.4, -0.2) is 20.5 Å². The first kappa shape index (κ1) is 13.1. The Morgan fingerprint density at radius 2 is 1.78 bits per heavy atom. The highest BCUT2D eigenvalue weighted by Gasteiger charge is 2.14. The molecule has 0 atom stereocenters. The second kappa shape index (κ2) is 5.34. The Morgan fingerprint density at radius 3 is 2.65 bits per heavy atom. The molecule has 0 aliphatic carbocycles. The number of nitrogens with two attached hydrogens (primary N) is 1. The van der Waals surface area contributed by atoms with Crippen molar-refractivity contribution in [2.75, 3.05) is 5.73 Å². The predicted octanol–water partition coefficient (Wildman–Crippen LogP) is 3.61. The van der Waals surface area contributed by atoms with Crippen LogP contribution in [0.5, 0.6) is 0 Å². The van der Waals surface area contributed by atoms with Crippen LogP contribution in [0.2, 0.25) is 0 Å². The Bertz CT molecular complexity index is 987. The third-order valence-corrected chi connectivity index (χ3v) is 3.33. The molecule has 0 bridgehead atoms. The highest BCUT2D eigenvalue weighted by molar-refractivity contribution is 5.85. The van der Waals surface area contributed by atoms with Crippen molar-refractivity contribution in [1.29, 1.82) is 0 Å². The third-order valence-electron chi connectivity index (χ3n) is 3.33. The average Bonchev–Trinajstić information content (AvgIpc) is 3.19. The van der Waals surface area contributed by atoms with Gasteiger partial charge in [0.1, 0.15) is 11.0 Å². The van der Waals surface area contributed by atoms with Gasteiger partial charge in [0.25, 0.3) is 0 Å². The molecule has 3 N–H and O–H groups in total. The van der Waals surface area contributed by atoms with Crippen LogP contribution in [-0.2, 0) is 0 Å². The molecule has 0 unspecified atom stereocenters. The predicted molar refractivity (Wildman–Crippen MR) is 84.4 cm³/mol. The van der Waals surface area contributed by atoms with Gasteiger partial charge in [0, 0.05) is 5.56 Å². The van der Waals surface area contributed by atoms with Crippen LogP contribution in [0.4, 0.5) is 17.2 Å². The molecule has 0 aliphatic rings. The first-order valence-corrected chi connectivity index (χ1v) is 6.84. The fourth-order valence-electron chi connectivity index (χ4n) is 2.19. The number of H-pyrrole nitrogens is 1. The summed E-state index contributed by atoms with van der Waals surface area (Å²) in [7, 11) is 0. The van der Waals surface area contributed by atoms with Crippen molar-refractivity contribution in [3.05, 3.63) is 48.5 Å². The van der Waals surface area contributed by atoms with Crippen LogP contribution in [0.25, 0.3) is 22.3 Å². The maximum Gasteiger partial charge on any atom is 0.173 e. The minimum Gasteiger partial charge on any atom is -0.380 e. The maximum absolute atomic E-state index is 5.89. The molecule has 8 heteroatoms. The minimum atomic E-state index is 0.276. The topological polar surface area (TPSA) is 118 Å². The Kier molecular flexibility index (Phi) is 3.05. The normalized spacial score (nSPS) is 11.5. The first-order chi connectivity index (χ1) is 11.3. The number of nitrogens with one attached hydrogen (secondary N) is 1. The van der Waals surface area contributed by atoms with Crippen molar-refractivity contribution in [2.24, 2.45) is 10.2 Å². The molecule has 0 saturated carbocycles. The number of benzene rings is 2. The lowest BCUT2D eigenvalue weighted by Gasteiger charge is -1.99. The highest BCUT2D eigenvalue weighted by Crippen LogP contribution is 2.35. The molecule has 0 amide bonds. The molecule has 2 aromatic heterocycles. The van der Waals surface area contributed by atoms with Gasteiger partial charge in [-0.3, -0.25) is 5.10 Å². The van der Waals surface area contributed by atoms with E-state index in [0.29, 0.717) is 22.4 Å². The van der Waals surface area contributed by atoms with E-state index in [9.17, 15) is 0 Å². The number of rotatable bonds is 3. The largest absolute Gasteiger partial charge is 0.380 e. The number of hydrogen-bond donors (Lipinski definition) is 2. The summed E-state index contributed by atoms with van der Waals surface area (Å²) in [5.74, 6) is 0.276. The molecule has 0 saturated heterocycles. The fraction of sp³-hybridized carbons (Fsp3) is 0. The Morgan fingerprint density at radius 1 is 0.957 bits per heavy atom. The van der Waals surface area contributed by atoms with Crippen LogP contribution in [0.1, 0.15) is 0 Å². The molecule has 2 heterocycles. The van der Waals surface area contributed by atoms with Gasteiger partial charge in [-0.2, -0.15) is 10.2 Å². The Balaban J connectivity index is 1.76. The summed E-state index contributed by atoms with van der Waals surface area (Å²) in [5.41, 5.74) is 9.89. The van der Waals surface area contributed by atoms with Gasteiger partial charge in [0.05, 0.1) is 11.4 Å². The summed E-state index contributed by atoms with van der Waals surface area (Å²) in [5, 5.41) is 22.9. The number of hydrogen-bond acceptors (Lipinski definition) is 7. The zero-order valence-corrected chi connectivity index (χ0v) is 11.8. The van der Waals surface area contributed by atoms with Gasteiger partial charge in [-0.15, -0.1) is 5.11 Å². The van der Waals surface area contributed by atoms with Crippen LogP contribution >= 0.6 is 0 Å². The fourth-order valence-corrected chi connectivity index (χ4v) is 2.19. The van der Waals surface area contributed by atoms with Gasteiger partial charge in [0.2, 0.25) is 0 Å². The van der Waals surface area contributed by atoms with Crippen molar-refractivity contribution in [1.82, 2.24) is 20.5 Å². The molecule has 23 heavy (non-hydrogen) atoms. The van der Waals surface area contributed by atoms with Crippen molar-refractivity contribution in [3.8, 4) is 11.3 Å². The lowest BCUT2D eigenvalue weighted by Crippen LogP contribution is -1.83. The van der Waals surface area contributed by atoms with Crippen LogP contribution in [0.15, 0.2) is 63.4 Å². The lowest BCUT2D eigenvalue weighted by molar-refractivity contribution is 0.315. The lowest BCUT2D eigenvalue weighted by atomic mass is 10.1. The van der Waals surface area contributed by atoms with Crippen molar-refractivity contribution in [2.45, 2.75) is 0 Å². The maximum atomic E-state index is 5.89. The zero-order chi connectivity index (χ0) is 15.6. The summed E-state index contributed by atoms with van der Waals surface area (Å²) in [4.78, 5) is 0. The summed E-state index contributed by atoms with van der Waals surface area (Å²) < 4.78 is 4.70. The van der Waals surface area contributed by atoms with E-state index in [1.54, 1.807) is 6.07 Å². The standard InChI is InChI=1S/C15H11N7O/c16-15-14(19-17-10-4-2-1-3-5-10)13(18-20-15)9-6-7-11-12(8-9)22-23-21-11/h1-8H,(H3,16,18,20). The molecular formula is C15H11N7O. The van der Waals surface area contributed by atoms with Crippen LogP contribution < -0.4 is 5.73 Å². The van der Waals surface area contributed by atoms with E-state index < -0.39 is 0 Å². The summed E-state index contributed by atoms with van der Waals surface area (Å²) in [6, 6.07) is 14.9. The van der Waals surface area contributed by atoms with E-state index in [1.807, 2.05) is 42.5 Å². The van der Waals surface area contributed by atoms with Crippen molar-refractivity contribution >= 4 is 28.2 Å². The number of aromatic amines is 1. The van der Waals surface area contributed by atoms with Gasteiger partial charge in [-0.25, -0.2) is 4.63 Å². The quantitative estimate of drug-likeness (QED) is 0.560. The van der Waals surface area contributed by atoms with Crippen molar-refractivity contribution in [3.63, 3.8) is 0 Å². The van der Waals surface area contributed by atoms with Gasteiger partial charge in [-0.05, 0) is 34.6 Å². The zero-order valence-electron chi connectivity index (χ0n) is 11.8. The molecule has 4 aromatic rings. The Hall–Kier alpha value is -3.55. The molecule has 8 nitrogen and oxygen atoms in total. The van der Waals surface area contributed by atoms with Crippen molar-refractivity contribution < 1.29 is 4.63 Å². The van der Waals surface area contributed by atoms with E-state index in [-0.39, 0.29) is 5.82 Å². The summed E-state index contributed by atoms with van der Waals surface area (Å²) in [6.45, 7) is 0. The minimum absolute atomic E-state index is 0.276. The smallest absolute Gasteiger partial charge is 0.173 e. The Labute approximate surface area is 130 Å². The van der Waals surface area contributed by atoms with Crippen LogP contribution in [0.3, 0.4) is 0 Å². The van der Waals surface area contributed by atoms with Crippen LogP contribution in [0, 0.1) is 0 Å². The number of fused-ring (bicyclic) bond motifs is 1. The van der Waals surface area contributed by atoms with E-state index in [0.717, 1.165) is 11.3 Å². The summed E-state index contributed by atoms with van der Waals surface area (Å²) in [6.07, 6.45) is 0. The molecule has 2 aromatic carbocycles. The second-order valence-corrected chi connectivity index (χ2v) is 4.84. The number of aromatic nitrogens is 4.